The number of aromatic nitrogens is 1. The molecule has 0 spiro atoms. The minimum absolute atomic E-state index is 0.750. The third-order valence-electron chi connectivity index (χ3n) is 6.05. The second kappa shape index (κ2) is 8.16. The first-order chi connectivity index (χ1) is 16.3. The summed E-state index contributed by atoms with van der Waals surface area (Å²) in [5, 5.41) is 3.08. The van der Waals surface area contributed by atoms with Crippen molar-refractivity contribution in [2.24, 2.45) is 0 Å². The summed E-state index contributed by atoms with van der Waals surface area (Å²) in [6.07, 6.45) is 0. The van der Waals surface area contributed by atoms with Gasteiger partial charge in [0.05, 0.1) is 0 Å². The van der Waals surface area contributed by atoms with Gasteiger partial charge in [-0.3, -0.25) is 0 Å². The zero-order valence-electron chi connectivity index (χ0n) is 17.9. The Kier molecular flexibility index (Phi) is 4.86. The highest BCUT2D eigenvalue weighted by Gasteiger charge is 2.12. The van der Waals surface area contributed by atoms with E-state index in [2.05, 4.69) is 101 Å². The lowest BCUT2D eigenvalue weighted by molar-refractivity contribution is 1.28. The topological polar surface area (TPSA) is 19.0 Å². The number of benzene rings is 5. The van der Waals surface area contributed by atoms with Gasteiger partial charge in [-0.1, -0.05) is 66.2 Å². The molecule has 0 amide bonds. The average molecular weight is 445 g/mol. The van der Waals surface area contributed by atoms with Gasteiger partial charge in [-0.15, -0.1) is 0 Å². The fraction of sp³-hybridized carbons (Fsp3) is 0. The zero-order valence-corrected chi connectivity index (χ0v) is 18.6. The molecular weight excluding hydrogens is 424 g/mol. The monoisotopic (exact) mass is 444 g/mol. The maximum atomic E-state index is 6.26. The van der Waals surface area contributed by atoms with Crippen molar-refractivity contribution >= 4 is 50.5 Å². The summed E-state index contributed by atoms with van der Waals surface area (Å²) in [5.74, 6) is 0. The quantitative estimate of drug-likeness (QED) is 0.287. The Balaban J connectivity index is 1.41. The van der Waals surface area contributed by atoms with Gasteiger partial charge in [-0.05, 0) is 77.9 Å². The molecule has 0 fully saturated rings. The van der Waals surface area contributed by atoms with Crippen molar-refractivity contribution < 1.29 is 0 Å². The molecule has 6 aromatic rings. The van der Waals surface area contributed by atoms with E-state index in [0.29, 0.717) is 0 Å². The van der Waals surface area contributed by atoms with Crippen molar-refractivity contribution in [2.45, 2.75) is 0 Å². The number of halogens is 1. The van der Waals surface area contributed by atoms with Crippen LogP contribution in [0.25, 0.3) is 32.9 Å². The third kappa shape index (κ3) is 3.65. The first kappa shape index (κ1) is 19.7. The Morgan fingerprint density at radius 2 is 1.00 bits per heavy atom. The minimum atomic E-state index is 0.750. The van der Waals surface area contributed by atoms with Gasteiger partial charge >= 0.3 is 0 Å². The molecule has 1 aromatic heterocycles. The number of nitrogens with one attached hydrogen (secondary N) is 1. The number of rotatable bonds is 4. The van der Waals surface area contributed by atoms with E-state index in [1.165, 1.54) is 16.5 Å². The van der Waals surface area contributed by atoms with Crippen LogP contribution < -0.4 is 4.90 Å². The molecule has 0 saturated carbocycles. The van der Waals surface area contributed by atoms with E-state index in [1.807, 2.05) is 30.3 Å². The predicted octanol–water partition coefficient (Wildman–Crippen LogP) is 9.11. The lowest BCUT2D eigenvalue weighted by Gasteiger charge is -2.25. The summed E-state index contributed by atoms with van der Waals surface area (Å²) in [6, 6.07) is 42.2. The summed E-state index contributed by atoms with van der Waals surface area (Å²) in [7, 11) is 0. The number of nitrogens with zero attached hydrogens (tertiary/aromatic N) is 1. The van der Waals surface area contributed by atoms with E-state index in [1.54, 1.807) is 0 Å². The standard InChI is InChI=1S/C30H21ClN2/c31-23-14-18-30-28(20-23)27-19-22(13-17-29(27)32-30)21-11-15-26(16-12-21)33(24-7-3-1-4-8-24)25-9-5-2-6-10-25/h1-20,32H. The number of para-hydroxylation sites is 2. The normalized spacial score (nSPS) is 11.2. The Morgan fingerprint density at radius 1 is 0.485 bits per heavy atom. The highest BCUT2D eigenvalue weighted by molar-refractivity contribution is 6.31. The Labute approximate surface area is 197 Å². The van der Waals surface area contributed by atoms with Crippen molar-refractivity contribution in [2.75, 3.05) is 4.90 Å². The lowest BCUT2D eigenvalue weighted by atomic mass is 10.0. The second-order valence-corrected chi connectivity index (χ2v) is 8.57. The van der Waals surface area contributed by atoms with Crippen LogP contribution in [0.3, 0.4) is 0 Å². The summed E-state index contributed by atoms with van der Waals surface area (Å²) in [5.41, 5.74) is 7.97. The van der Waals surface area contributed by atoms with Crippen molar-refractivity contribution in [3.8, 4) is 11.1 Å². The first-order valence-corrected chi connectivity index (χ1v) is 11.4. The van der Waals surface area contributed by atoms with Crippen LogP contribution in [0, 0.1) is 0 Å². The van der Waals surface area contributed by atoms with E-state index in [-0.39, 0.29) is 0 Å². The molecule has 0 aliphatic rings. The van der Waals surface area contributed by atoms with Crippen molar-refractivity contribution in [1.82, 2.24) is 4.98 Å². The van der Waals surface area contributed by atoms with E-state index in [0.717, 1.165) is 38.5 Å². The number of anilines is 3. The Morgan fingerprint density at radius 3 is 1.64 bits per heavy atom. The molecular formula is C30H21ClN2. The number of hydrogen-bond donors (Lipinski definition) is 1. The van der Waals surface area contributed by atoms with Crippen LogP contribution in [0.5, 0.6) is 0 Å². The molecule has 0 saturated heterocycles. The first-order valence-electron chi connectivity index (χ1n) is 11.0. The van der Waals surface area contributed by atoms with Gasteiger partial charge in [0, 0.05) is 43.9 Å². The van der Waals surface area contributed by atoms with Gasteiger partial charge in [0.1, 0.15) is 0 Å². The maximum Gasteiger partial charge on any atom is 0.0465 e. The van der Waals surface area contributed by atoms with Gasteiger partial charge in [-0.25, -0.2) is 0 Å². The van der Waals surface area contributed by atoms with Gasteiger partial charge in [-0.2, -0.15) is 0 Å². The average Bonchev–Trinajstić information content (AvgIpc) is 3.23. The third-order valence-corrected chi connectivity index (χ3v) is 6.28. The highest BCUT2D eigenvalue weighted by Crippen LogP contribution is 2.36. The summed E-state index contributed by atoms with van der Waals surface area (Å²) < 4.78 is 0. The Bertz CT molecular complexity index is 1510. The molecule has 0 aliphatic heterocycles. The fourth-order valence-electron chi connectivity index (χ4n) is 4.45. The van der Waals surface area contributed by atoms with E-state index in [9.17, 15) is 0 Å². The molecule has 158 valence electrons. The van der Waals surface area contributed by atoms with Crippen molar-refractivity contribution in [3.05, 3.63) is 126 Å². The molecule has 2 nitrogen and oxygen atoms in total. The molecule has 5 aromatic carbocycles. The van der Waals surface area contributed by atoms with Crippen LogP contribution in [-0.2, 0) is 0 Å². The maximum absolute atomic E-state index is 6.26. The van der Waals surface area contributed by atoms with Crippen molar-refractivity contribution in [1.29, 1.82) is 0 Å². The van der Waals surface area contributed by atoms with Gasteiger partial charge < -0.3 is 9.88 Å². The minimum Gasteiger partial charge on any atom is -0.355 e. The SMILES string of the molecule is Clc1ccc2[nH]c3ccc(-c4ccc(N(c5ccccc5)c5ccccc5)cc4)cc3c2c1. The molecule has 0 atom stereocenters. The molecule has 1 N–H and O–H groups in total. The molecule has 33 heavy (non-hydrogen) atoms. The number of fused-ring (bicyclic) bond motifs is 3. The van der Waals surface area contributed by atoms with Gasteiger partial charge in [0.25, 0.3) is 0 Å². The molecule has 3 heteroatoms. The van der Waals surface area contributed by atoms with E-state index < -0.39 is 0 Å². The predicted molar refractivity (Wildman–Crippen MR) is 141 cm³/mol. The summed E-state index contributed by atoms with van der Waals surface area (Å²) in [4.78, 5) is 5.75. The van der Waals surface area contributed by atoms with E-state index in [4.69, 9.17) is 11.6 Å². The second-order valence-electron chi connectivity index (χ2n) is 8.13. The zero-order chi connectivity index (χ0) is 22.2. The highest BCUT2D eigenvalue weighted by atomic mass is 35.5. The smallest absolute Gasteiger partial charge is 0.0465 e. The van der Waals surface area contributed by atoms with Crippen LogP contribution in [0.1, 0.15) is 0 Å². The lowest BCUT2D eigenvalue weighted by Crippen LogP contribution is -2.09. The molecule has 0 unspecified atom stereocenters. The molecule has 1 heterocycles. The van der Waals surface area contributed by atoms with Crippen LogP contribution in [0.15, 0.2) is 121 Å². The number of H-pyrrole nitrogens is 1. The molecule has 6 rings (SSSR count). The van der Waals surface area contributed by atoms with Gasteiger partial charge in [0.15, 0.2) is 0 Å². The largest absolute Gasteiger partial charge is 0.355 e. The molecule has 0 radical (unpaired) electrons. The van der Waals surface area contributed by atoms with Crippen molar-refractivity contribution in [3.63, 3.8) is 0 Å². The van der Waals surface area contributed by atoms with Crippen LogP contribution >= 0.6 is 11.6 Å². The van der Waals surface area contributed by atoms with Crippen LogP contribution in [0.4, 0.5) is 17.1 Å². The summed E-state index contributed by atoms with van der Waals surface area (Å²) in [6.45, 7) is 0. The Hall–Kier alpha value is -4.01. The number of aromatic amines is 1. The fourth-order valence-corrected chi connectivity index (χ4v) is 4.63. The summed E-state index contributed by atoms with van der Waals surface area (Å²) >= 11 is 6.26. The molecule has 0 bridgehead atoms. The number of hydrogen-bond acceptors (Lipinski definition) is 1. The van der Waals surface area contributed by atoms with Crippen LogP contribution in [0.2, 0.25) is 5.02 Å². The van der Waals surface area contributed by atoms with Crippen LogP contribution in [-0.4, -0.2) is 4.98 Å². The van der Waals surface area contributed by atoms with E-state index >= 15 is 0 Å². The molecule has 0 aliphatic carbocycles. The van der Waals surface area contributed by atoms with Gasteiger partial charge in [0.2, 0.25) is 0 Å².